The Hall–Kier alpha value is -0.120. The van der Waals surface area contributed by atoms with E-state index in [9.17, 15) is 5.11 Å². The van der Waals surface area contributed by atoms with Crippen LogP contribution in [0, 0.1) is 5.92 Å². The van der Waals surface area contributed by atoms with E-state index in [0.29, 0.717) is 12.1 Å². The Morgan fingerprint density at radius 2 is 1.86 bits per heavy atom. The maximum atomic E-state index is 9.98. The number of hydrogen-bond donors (Lipinski definition) is 2. The maximum Gasteiger partial charge on any atom is 0.0613 e. The highest BCUT2D eigenvalue weighted by molar-refractivity contribution is 5.00. The highest BCUT2D eigenvalue weighted by atomic mass is 16.3. The van der Waals surface area contributed by atoms with Gasteiger partial charge in [-0.15, -0.1) is 0 Å². The molecule has 2 aliphatic carbocycles. The van der Waals surface area contributed by atoms with Crippen LogP contribution in [0.25, 0.3) is 0 Å². The van der Waals surface area contributed by atoms with E-state index in [1.54, 1.807) is 0 Å². The van der Waals surface area contributed by atoms with Crippen molar-refractivity contribution in [2.45, 2.75) is 96.3 Å². The van der Waals surface area contributed by atoms with Gasteiger partial charge in [0.05, 0.1) is 6.61 Å². The van der Waals surface area contributed by atoms with E-state index < -0.39 is 0 Å². The molecule has 0 spiro atoms. The van der Waals surface area contributed by atoms with Gasteiger partial charge in [0.1, 0.15) is 0 Å². The third kappa shape index (κ3) is 4.94. The van der Waals surface area contributed by atoms with Gasteiger partial charge in [-0.2, -0.15) is 0 Å². The molecule has 2 saturated carbocycles. The first-order valence-corrected chi connectivity index (χ1v) is 9.10. The predicted octanol–water partition coefficient (Wildman–Crippen LogP) is 3.17. The third-order valence-electron chi connectivity index (χ3n) is 5.17. The number of nitrogens with zero attached hydrogens (tertiary/aromatic N) is 1. The summed E-state index contributed by atoms with van der Waals surface area (Å²) in [7, 11) is 0. The van der Waals surface area contributed by atoms with E-state index in [2.05, 4.69) is 37.9 Å². The summed E-state index contributed by atoms with van der Waals surface area (Å²) in [4.78, 5) is 2.78. The summed E-state index contributed by atoms with van der Waals surface area (Å²) >= 11 is 0. The van der Waals surface area contributed by atoms with Gasteiger partial charge < -0.3 is 10.4 Å². The summed E-state index contributed by atoms with van der Waals surface area (Å²) < 4.78 is 0. The molecular weight excluding hydrogens is 260 g/mol. The average Bonchev–Trinajstić information content (AvgIpc) is 3.23. The van der Waals surface area contributed by atoms with Gasteiger partial charge in [0.25, 0.3) is 0 Å². The van der Waals surface area contributed by atoms with E-state index in [1.165, 1.54) is 38.6 Å². The second-order valence-electron chi connectivity index (χ2n) is 8.14. The molecule has 2 aliphatic rings. The molecule has 0 aromatic heterocycles. The first kappa shape index (κ1) is 17.2. The normalized spacial score (nSPS) is 30.6. The fourth-order valence-electron chi connectivity index (χ4n) is 4.02. The lowest BCUT2D eigenvalue weighted by Gasteiger charge is -2.46. The Morgan fingerprint density at radius 1 is 1.14 bits per heavy atom. The van der Waals surface area contributed by atoms with Crippen molar-refractivity contribution >= 4 is 0 Å². The van der Waals surface area contributed by atoms with E-state index in [0.717, 1.165) is 24.8 Å². The fourth-order valence-corrected chi connectivity index (χ4v) is 4.02. The highest BCUT2D eigenvalue weighted by Gasteiger charge is 2.41. The van der Waals surface area contributed by atoms with Gasteiger partial charge in [-0.05, 0) is 57.4 Å². The van der Waals surface area contributed by atoms with Gasteiger partial charge in [0, 0.05) is 23.7 Å². The summed E-state index contributed by atoms with van der Waals surface area (Å²) in [5, 5.41) is 13.7. The van der Waals surface area contributed by atoms with Crippen LogP contribution in [0.5, 0.6) is 0 Å². The minimum absolute atomic E-state index is 0.0396. The lowest BCUT2D eigenvalue weighted by atomic mass is 9.78. The molecule has 0 aromatic rings. The maximum absolute atomic E-state index is 9.98. The molecule has 2 atom stereocenters. The van der Waals surface area contributed by atoms with Crippen LogP contribution >= 0.6 is 0 Å². The number of rotatable bonds is 8. The number of aliphatic hydroxyl groups excluding tert-OH is 1. The quantitative estimate of drug-likeness (QED) is 0.722. The molecule has 3 nitrogen and oxygen atoms in total. The molecule has 2 N–H and O–H groups in total. The van der Waals surface area contributed by atoms with Crippen LogP contribution in [0.1, 0.15) is 72.6 Å². The van der Waals surface area contributed by atoms with Crippen LogP contribution in [0.3, 0.4) is 0 Å². The Morgan fingerprint density at radius 3 is 2.38 bits per heavy atom. The van der Waals surface area contributed by atoms with Crippen molar-refractivity contribution in [2.24, 2.45) is 5.92 Å². The fraction of sp³-hybridized carbons (Fsp3) is 1.00. The highest BCUT2D eigenvalue weighted by Crippen LogP contribution is 2.37. The summed E-state index contributed by atoms with van der Waals surface area (Å²) in [6.45, 7) is 10.6. The van der Waals surface area contributed by atoms with Crippen molar-refractivity contribution in [3.05, 3.63) is 0 Å². The van der Waals surface area contributed by atoms with E-state index in [1.807, 2.05) is 0 Å². The van der Waals surface area contributed by atoms with Crippen LogP contribution in [0.2, 0.25) is 0 Å². The van der Waals surface area contributed by atoms with Crippen LogP contribution in [0.4, 0.5) is 0 Å². The third-order valence-corrected chi connectivity index (χ3v) is 5.17. The summed E-state index contributed by atoms with van der Waals surface area (Å²) in [6, 6.07) is 1.95. The Balaban J connectivity index is 1.99. The van der Waals surface area contributed by atoms with Crippen molar-refractivity contribution < 1.29 is 5.11 Å². The molecule has 3 heteroatoms. The molecule has 21 heavy (non-hydrogen) atoms. The smallest absolute Gasteiger partial charge is 0.0613 e. The largest absolute Gasteiger partial charge is 0.394 e. The van der Waals surface area contributed by atoms with E-state index in [4.69, 9.17) is 0 Å². The van der Waals surface area contributed by atoms with Crippen LogP contribution in [-0.2, 0) is 0 Å². The zero-order valence-electron chi connectivity index (χ0n) is 14.6. The average molecular weight is 296 g/mol. The number of hydrogen-bond acceptors (Lipinski definition) is 3. The van der Waals surface area contributed by atoms with Crippen LogP contribution < -0.4 is 5.32 Å². The van der Waals surface area contributed by atoms with Crippen molar-refractivity contribution in [1.82, 2.24) is 10.2 Å². The molecule has 2 rings (SSSR count). The van der Waals surface area contributed by atoms with E-state index in [-0.39, 0.29) is 12.1 Å². The molecule has 0 heterocycles. The van der Waals surface area contributed by atoms with Gasteiger partial charge in [-0.25, -0.2) is 0 Å². The lowest BCUT2D eigenvalue weighted by Crippen LogP contribution is -2.58. The minimum Gasteiger partial charge on any atom is -0.394 e. The Bertz CT molecular complexity index is 314. The van der Waals surface area contributed by atoms with Crippen LogP contribution in [-0.4, -0.2) is 46.8 Å². The SMILES string of the molecule is CC(C)CCN(C1CC1)C1CCCC(CO)(NC(C)C)C1. The molecule has 0 amide bonds. The number of nitrogens with one attached hydrogen (secondary N) is 1. The molecule has 2 unspecified atom stereocenters. The van der Waals surface area contributed by atoms with Gasteiger partial charge in [0.2, 0.25) is 0 Å². The van der Waals surface area contributed by atoms with E-state index >= 15 is 0 Å². The topological polar surface area (TPSA) is 35.5 Å². The standard InChI is InChI=1S/C18H36N2O/c1-14(2)9-11-20(16-7-8-16)17-6-5-10-18(12-17,13-21)19-15(3)4/h14-17,19,21H,5-13H2,1-4H3. The van der Waals surface area contributed by atoms with Crippen molar-refractivity contribution in [1.29, 1.82) is 0 Å². The van der Waals surface area contributed by atoms with Crippen molar-refractivity contribution in [3.63, 3.8) is 0 Å². The molecule has 0 radical (unpaired) electrons. The number of aliphatic hydroxyl groups is 1. The minimum atomic E-state index is -0.0396. The lowest BCUT2D eigenvalue weighted by molar-refractivity contribution is 0.0487. The molecule has 0 saturated heterocycles. The summed E-state index contributed by atoms with van der Waals surface area (Å²) in [5.74, 6) is 0.784. The molecular formula is C18H36N2O. The molecule has 0 aromatic carbocycles. The summed E-state index contributed by atoms with van der Waals surface area (Å²) in [6.07, 6.45) is 8.89. The van der Waals surface area contributed by atoms with Crippen LogP contribution in [0.15, 0.2) is 0 Å². The molecule has 0 bridgehead atoms. The second kappa shape index (κ2) is 7.43. The molecule has 2 fully saturated rings. The van der Waals surface area contributed by atoms with Gasteiger partial charge >= 0.3 is 0 Å². The van der Waals surface area contributed by atoms with Gasteiger partial charge in [-0.1, -0.05) is 27.7 Å². The van der Waals surface area contributed by atoms with Gasteiger partial charge in [-0.3, -0.25) is 4.90 Å². The molecule has 0 aliphatic heterocycles. The Kier molecular flexibility index (Phi) is 6.10. The zero-order chi connectivity index (χ0) is 15.5. The second-order valence-corrected chi connectivity index (χ2v) is 8.14. The molecule has 124 valence electrons. The first-order chi connectivity index (χ1) is 9.96. The van der Waals surface area contributed by atoms with Crippen molar-refractivity contribution in [3.8, 4) is 0 Å². The van der Waals surface area contributed by atoms with Crippen molar-refractivity contribution in [2.75, 3.05) is 13.2 Å². The predicted molar refractivity (Wildman–Crippen MR) is 89.5 cm³/mol. The Labute approximate surface area is 131 Å². The first-order valence-electron chi connectivity index (χ1n) is 9.10. The zero-order valence-corrected chi connectivity index (χ0v) is 14.6. The summed E-state index contributed by atoms with van der Waals surface area (Å²) in [5.41, 5.74) is -0.0396. The van der Waals surface area contributed by atoms with Gasteiger partial charge in [0.15, 0.2) is 0 Å². The monoisotopic (exact) mass is 296 g/mol.